The number of amides is 1. The van der Waals surface area contributed by atoms with Gasteiger partial charge in [0.1, 0.15) is 0 Å². The summed E-state index contributed by atoms with van der Waals surface area (Å²) in [5, 5.41) is 15.7. The second kappa shape index (κ2) is 7.29. The molecule has 0 aliphatic carbocycles. The lowest BCUT2D eigenvalue weighted by molar-refractivity contribution is 0.102. The second-order valence-corrected chi connectivity index (χ2v) is 6.80. The molecule has 1 saturated heterocycles. The Kier molecular flexibility index (Phi) is 4.71. The molecule has 2 aromatic heterocycles. The molecule has 4 rings (SSSR count). The summed E-state index contributed by atoms with van der Waals surface area (Å²) in [6.07, 6.45) is 6.93. The number of carbonyl (C=O) groups excluding carboxylic acids is 1. The lowest BCUT2D eigenvalue weighted by atomic mass is 10.1. The van der Waals surface area contributed by atoms with Gasteiger partial charge < -0.3 is 15.2 Å². The van der Waals surface area contributed by atoms with Crippen LogP contribution in [-0.2, 0) is 6.54 Å². The van der Waals surface area contributed by atoms with E-state index in [9.17, 15) is 4.79 Å². The summed E-state index contributed by atoms with van der Waals surface area (Å²) in [6.45, 7) is 5.07. The van der Waals surface area contributed by atoms with Gasteiger partial charge in [-0.05, 0) is 55.9 Å². The molecule has 1 aliphatic heterocycles. The van der Waals surface area contributed by atoms with Crippen molar-refractivity contribution >= 4 is 22.5 Å². The molecule has 1 amide bonds. The molecule has 136 valence electrons. The fraction of sp³-hybridized carbons (Fsp3) is 0.421. The molecule has 0 saturated carbocycles. The largest absolute Gasteiger partial charge is 0.347 e. The van der Waals surface area contributed by atoms with E-state index >= 15 is 0 Å². The number of nitrogens with zero attached hydrogens (tertiary/aromatic N) is 4. The van der Waals surface area contributed by atoms with E-state index in [1.54, 1.807) is 6.20 Å². The van der Waals surface area contributed by atoms with Crippen LogP contribution in [0.25, 0.3) is 10.9 Å². The van der Waals surface area contributed by atoms with Gasteiger partial charge in [0.2, 0.25) is 0 Å². The highest BCUT2D eigenvalue weighted by molar-refractivity contribution is 6.03. The maximum atomic E-state index is 12.5. The number of piperidine rings is 1. The number of benzene rings is 1. The van der Waals surface area contributed by atoms with Crippen molar-refractivity contribution in [2.45, 2.75) is 38.8 Å². The van der Waals surface area contributed by atoms with Crippen LogP contribution in [0.5, 0.6) is 0 Å². The molecule has 7 heteroatoms. The lowest BCUT2D eigenvalue weighted by Gasteiger charge is -2.22. The van der Waals surface area contributed by atoms with Crippen molar-refractivity contribution in [3.05, 3.63) is 42.4 Å². The Balaban J connectivity index is 1.50. The van der Waals surface area contributed by atoms with Gasteiger partial charge >= 0.3 is 0 Å². The zero-order valence-corrected chi connectivity index (χ0v) is 15.0. The van der Waals surface area contributed by atoms with Gasteiger partial charge in [0.25, 0.3) is 5.91 Å². The molecular formula is C19H24N6O. The van der Waals surface area contributed by atoms with Gasteiger partial charge in [0, 0.05) is 18.4 Å². The number of rotatable bonds is 5. The van der Waals surface area contributed by atoms with Crippen LogP contribution in [-0.4, -0.2) is 38.6 Å². The molecule has 0 radical (unpaired) electrons. The third kappa shape index (κ3) is 3.35. The van der Waals surface area contributed by atoms with Crippen molar-refractivity contribution < 1.29 is 4.79 Å². The van der Waals surface area contributed by atoms with Gasteiger partial charge in [-0.25, -0.2) is 4.68 Å². The molecule has 3 aromatic rings. The van der Waals surface area contributed by atoms with E-state index < -0.39 is 0 Å². The minimum absolute atomic E-state index is 0.224. The minimum atomic E-state index is -0.224. The molecule has 26 heavy (non-hydrogen) atoms. The third-order valence-electron chi connectivity index (χ3n) is 4.92. The number of carbonyl (C=O) groups is 1. The number of aryl methyl sites for hydroxylation is 1. The Morgan fingerprint density at radius 3 is 2.96 bits per heavy atom. The predicted octanol–water partition coefficient (Wildman–Crippen LogP) is 2.82. The first-order chi connectivity index (χ1) is 12.7. The van der Waals surface area contributed by atoms with E-state index in [2.05, 4.69) is 44.7 Å². The van der Waals surface area contributed by atoms with Gasteiger partial charge in [-0.2, -0.15) is 0 Å². The third-order valence-corrected chi connectivity index (χ3v) is 4.92. The Hall–Kier alpha value is -2.67. The number of fused-ring (bicyclic) bond motifs is 1. The summed E-state index contributed by atoms with van der Waals surface area (Å²) in [5.41, 5.74) is 2.26. The van der Waals surface area contributed by atoms with E-state index in [1.165, 1.54) is 5.39 Å². The highest BCUT2D eigenvalue weighted by Crippen LogP contribution is 2.22. The van der Waals surface area contributed by atoms with Crippen LogP contribution in [0.4, 0.5) is 5.69 Å². The first-order valence-corrected chi connectivity index (χ1v) is 9.27. The molecule has 0 spiro atoms. The first kappa shape index (κ1) is 16.8. The second-order valence-electron chi connectivity index (χ2n) is 6.80. The van der Waals surface area contributed by atoms with Crippen molar-refractivity contribution in [1.82, 2.24) is 24.9 Å². The van der Waals surface area contributed by atoms with Gasteiger partial charge in [0.05, 0.1) is 17.8 Å². The van der Waals surface area contributed by atoms with E-state index in [-0.39, 0.29) is 5.91 Å². The average Bonchev–Trinajstić information content (AvgIpc) is 3.31. The molecule has 1 aromatic carbocycles. The first-order valence-electron chi connectivity index (χ1n) is 9.27. The molecule has 2 N–H and O–H groups in total. The Labute approximate surface area is 152 Å². The van der Waals surface area contributed by atoms with Gasteiger partial charge in [0.15, 0.2) is 5.69 Å². The number of hydrogen-bond acceptors (Lipinski definition) is 4. The van der Waals surface area contributed by atoms with Crippen LogP contribution in [0.15, 0.2) is 36.7 Å². The summed E-state index contributed by atoms with van der Waals surface area (Å²) in [5.74, 6) is -0.224. The number of nitrogens with one attached hydrogen (secondary N) is 2. The standard InChI is InChI=1S/C19H24N6O/c1-2-10-24-11-7-14-3-4-15(12-18(14)24)21-19(26)17-13-25(23-22-17)16-5-8-20-9-6-16/h3-4,7,11-13,16,20H,2,5-6,8-10H2,1H3,(H,21,26). The quantitative estimate of drug-likeness (QED) is 0.740. The van der Waals surface area contributed by atoms with Crippen LogP contribution in [0.2, 0.25) is 0 Å². The predicted molar refractivity (Wildman–Crippen MR) is 101 cm³/mol. The van der Waals surface area contributed by atoms with Crippen LogP contribution in [0.3, 0.4) is 0 Å². The van der Waals surface area contributed by atoms with Gasteiger partial charge in [-0.15, -0.1) is 5.10 Å². The lowest BCUT2D eigenvalue weighted by Crippen LogP contribution is -2.29. The number of aromatic nitrogens is 4. The van der Waals surface area contributed by atoms with Crippen molar-refractivity contribution in [3.8, 4) is 0 Å². The van der Waals surface area contributed by atoms with Crippen molar-refractivity contribution in [2.75, 3.05) is 18.4 Å². The topological polar surface area (TPSA) is 76.8 Å². The zero-order valence-electron chi connectivity index (χ0n) is 15.0. The zero-order chi connectivity index (χ0) is 17.9. The molecule has 0 bridgehead atoms. The molecule has 0 atom stereocenters. The van der Waals surface area contributed by atoms with Crippen molar-refractivity contribution in [3.63, 3.8) is 0 Å². The molecule has 0 unspecified atom stereocenters. The number of anilines is 1. The fourth-order valence-electron chi connectivity index (χ4n) is 3.52. The summed E-state index contributed by atoms with van der Waals surface area (Å²) in [4.78, 5) is 12.5. The van der Waals surface area contributed by atoms with Crippen LogP contribution in [0.1, 0.15) is 42.7 Å². The highest BCUT2D eigenvalue weighted by Gasteiger charge is 2.19. The SMILES string of the molecule is CCCn1ccc2ccc(NC(=O)c3cn(C4CCNCC4)nn3)cc21. The molecule has 1 aliphatic rings. The Morgan fingerprint density at radius 2 is 2.15 bits per heavy atom. The highest BCUT2D eigenvalue weighted by atomic mass is 16.2. The van der Waals surface area contributed by atoms with E-state index in [0.717, 1.165) is 50.1 Å². The van der Waals surface area contributed by atoms with Crippen LogP contribution in [0, 0.1) is 0 Å². The normalized spacial score (nSPS) is 15.4. The maximum Gasteiger partial charge on any atom is 0.277 e. The monoisotopic (exact) mass is 352 g/mol. The molecular weight excluding hydrogens is 328 g/mol. The summed E-state index contributed by atoms with van der Waals surface area (Å²) in [7, 11) is 0. The minimum Gasteiger partial charge on any atom is -0.347 e. The van der Waals surface area contributed by atoms with E-state index in [0.29, 0.717) is 11.7 Å². The summed E-state index contributed by atoms with van der Waals surface area (Å²) >= 11 is 0. The van der Waals surface area contributed by atoms with Crippen LogP contribution < -0.4 is 10.6 Å². The summed E-state index contributed by atoms with van der Waals surface area (Å²) < 4.78 is 4.03. The fourth-order valence-corrected chi connectivity index (χ4v) is 3.52. The van der Waals surface area contributed by atoms with E-state index in [1.807, 2.05) is 22.9 Å². The van der Waals surface area contributed by atoms with Crippen molar-refractivity contribution in [2.24, 2.45) is 0 Å². The summed E-state index contributed by atoms with van der Waals surface area (Å²) in [6, 6.07) is 8.39. The maximum absolute atomic E-state index is 12.5. The van der Waals surface area contributed by atoms with Crippen LogP contribution >= 0.6 is 0 Å². The smallest absolute Gasteiger partial charge is 0.277 e. The Morgan fingerprint density at radius 1 is 1.31 bits per heavy atom. The molecule has 3 heterocycles. The van der Waals surface area contributed by atoms with Crippen molar-refractivity contribution in [1.29, 1.82) is 0 Å². The Bertz CT molecular complexity index is 906. The van der Waals surface area contributed by atoms with Gasteiger partial charge in [-0.1, -0.05) is 18.2 Å². The average molecular weight is 352 g/mol. The van der Waals surface area contributed by atoms with Gasteiger partial charge in [-0.3, -0.25) is 4.79 Å². The molecule has 7 nitrogen and oxygen atoms in total. The van der Waals surface area contributed by atoms with E-state index in [4.69, 9.17) is 0 Å². The molecule has 1 fully saturated rings. The number of hydrogen-bond donors (Lipinski definition) is 2.